The molecule has 1 saturated carbocycles. The van der Waals surface area contributed by atoms with Crippen LogP contribution < -0.4 is 0 Å². The molecule has 2 fully saturated rings. The van der Waals surface area contributed by atoms with E-state index in [-0.39, 0.29) is 19.6 Å². The van der Waals surface area contributed by atoms with Gasteiger partial charge in [0.05, 0.1) is 43.5 Å². The lowest BCUT2D eigenvalue weighted by Crippen LogP contribution is -2.61. The van der Waals surface area contributed by atoms with E-state index in [1.165, 1.54) is 0 Å². The van der Waals surface area contributed by atoms with E-state index in [1.54, 1.807) is 31.2 Å². The number of halogens is 1. The Bertz CT molecular complexity index is 986. The number of aliphatic hydroxyl groups is 2. The summed E-state index contributed by atoms with van der Waals surface area (Å²) in [5.41, 5.74) is 27.2. The molecule has 188 valence electrons. The number of azide groups is 3. The van der Waals surface area contributed by atoms with Crippen molar-refractivity contribution in [3.05, 3.63) is 67.2 Å². The molecule has 0 aromatic heterocycles. The van der Waals surface area contributed by atoms with Gasteiger partial charge in [-0.3, -0.25) is 0 Å². The minimum atomic E-state index is -1.64. The highest BCUT2D eigenvalue weighted by atomic mass is 19.1. The van der Waals surface area contributed by atoms with Gasteiger partial charge in [-0.2, -0.15) is 0 Å². The standard InChI is InChI=1S/C20H26FN9O5/c1-10-14(8-25-28-22)34-20(19(15(10)21)33-9-11-5-3-2-4-6-11)35-18-13(27-30-24)7-12(26-29-23)16(31)17(18)32/h2-6,10,12-20,31-32H,7-9H2,1H3/t10-,12-,13+,14-,15+,16+,17-,18-,19-,20-/m1/s1. The zero-order valence-electron chi connectivity index (χ0n) is 18.8. The summed E-state index contributed by atoms with van der Waals surface area (Å²) in [5, 5.41) is 31.6. The maximum Gasteiger partial charge on any atom is 0.187 e. The van der Waals surface area contributed by atoms with E-state index < -0.39 is 61.0 Å². The fraction of sp³-hybridized carbons (Fsp3) is 0.700. The molecule has 10 atom stereocenters. The van der Waals surface area contributed by atoms with Gasteiger partial charge >= 0.3 is 0 Å². The van der Waals surface area contributed by atoms with E-state index in [0.717, 1.165) is 5.56 Å². The number of hydrogen-bond acceptors (Lipinski definition) is 8. The minimum Gasteiger partial charge on any atom is -0.390 e. The Kier molecular flexibility index (Phi) is 9.49. The van der Waals surface area contributed by atoms with Gasteiger partial charge < -0.3 is 24.4 Å². The molecule has 0 amide bonds. The van der Waals surface area contributed by atoms with Crippen LogP contribution in [0.4, 0.5) is 4.39 Å². The van der Waals surface area contributed by atoms with Crippen molar-refractivity contribution in [3.63, 3.8) is 0 Å². The van der Waals surface area contributed by atoms with Crippen LogP contribution in [-0.4, -0.2) is 71.8 Å². The number of ether oxygens (including phenoxy) is 3. The molecule has 0 bridgehead atoms. The van der Waals surface area contributed by atoms with Crippen molar-refractivity contribution in [1.82, 2.24) is 0 Å². The Morgan fingerprint density at radius 2 is 1.71 bits per heavy atom. The molecule has 1 heterocycles. The lowest BCUT2D eigenvalue weighted by atomic mass is 9.84. The molecule has 14 nitrogen and oxygen atoms in total. The quantitative estimate of drug-likeness (QED) is 0.300. The van der Waals surface area contributed by atoms with Crippen LogP contribution in [0.15, 0.2) is 45.7 Å². The van der Waals surface area contributed by atoms with Crippen molar-refractivity contribution in [1.29, 1.82) is 0 Å². The molecule has 1 aromatic carbocycles. The first-order valence-electron chi connectivity index (χ1n) is 11.0. The van der Waals surface area contributed by atoms with Gasteiger partial charge in [-0.1, -0.05) is 52.6 Å². The third-order valence-corrected chi connectivity index (χ3v) is 6.22. The number of aliphatic hydroxyl groups excluding tert-OH is 2. The number of hydrogen-bond donors (Lipinski definition) is 2. The topological polar surface area (TPSA) is 214 Å². The van der Waals surface area contributed by atoms with E-state index in [9.17, 15) is 10.2 Å². The second-order valence-corrected chi connectivity index (χ2v) is 8.38. The molecule has 2 aliphatic rings. The Balaban J connectivity index is 1.86. The Morgan fingerprint density at radius 1 is 1.03 bits per heavy atom. The highest BCUT2D eigenvalue weighted by Gasteiger charge is 2.50. The van der Waals surface area contributed by atoms with E-state index in [1.807, 2.05) is 6.07 Å². The van der Waals surface area contributed by atoms with Crippen LogP contribution >= 0.6 is 0 Å². The molecule has 1 aliphatic heterocycles. The number of rotatable bonds is 9. The van der Waals surface area contributed by atoms with Crippen LogP contribution in [0, 0.1) is 5.92 Å². The predicted octanol–water partition coefficient (Wildman–Crippen LogP) is 3.45. The first kappa shape index (κ1) is 26.5. The van der Waals surface area contributed by atoms with Gasteiger partial charge in [-0.25, -0.2) is 4.39 Å². The summed E-state index contributed by atoms with van der Waals surface area (Å²) in [6.45, 7) is 1.46. The van der Waals surface area contributed by atoms with E-state index >= 15 is 4.39 Å². The van der Waals surface area contributed by atoms with Crippen molar-refractivity contribution in [2.24, 2.45) is 21.3 Å². The second kappa shape index (κ2) is 12.5. The zero-order valence-corrected chi connectivity index (χ0v) is 18.8. The molecule has 15 heteroatoms. The monoisotopic (exact) mass is 491 g/mol. The van der Waals surface area contributed by atoms with Gasteiger partial charge in [0.2, 0.25) is 0 Å². The zero-order chi connectivity index (χ0) is 25.4. The first-order valence-corrected chi connectivity index (χ1v) is 11.0. The van der Waals surface area contributed by atoms with Crippen LogP contribution in [0.5, 0.6) is 0 Å². The summed E-state index contributed by atoms with van der Waals surface area (Å²) >= 11 is 0. The van der Waals surface area contributed by atoms with E-state index in [0.29, 0.717) is 0 Å². The Hall–Kier alpha value is -3.12. The molecular formula is C20H26FN9O5. The maximum atomic E-state index is 15.5. The van der Waals surface area contributed by atoms with Crippen LogP contribution in [0.3, 0.4) is 0 Å². The molecule has 3 rings (SSSR count). The van der Waals surface area contributed by atoms with Crippen molar-refractivity contribution in [2.75, 3.05) is 6.54 Å². The van der Waals surface area contributed by atoms with Gasteiger partial charge in [0.25, 0.3) is 0 Å². The highest BCUT2D eigenvalue weighted by molar-refractivity contribution is 5.13. The van der Waals surface area contributed by atoms with Crippen molar-refractivity contribution in [2.45, 2.75) is 75.0 Å². The predicted molar refractivity (Wildman–Crippen MR) is 119 cm³/mol. The number of nitrogens with zero attached hydrogens (tertiary/aromatic N) is 9. The lowest BCUT2D eigenvalue weighted by molar-refractivity contribution is -0.310. The van der Waals surface area contributed by atoms with Gasteiger partial charge in [-0.05, 0) is 28.6 Å². The molecule has 35 heavy (non-hydrogen) atoms. The Morgan fingerprint density at radius 3 is 2.37 bits per heavy atom. The molecule has 1 aliphatic carbocycles. The summed E-state index contributed by atoms with van der Waals surface area (Å²) in [6, 6.07) is 6.93. The molecule has 1 aromatic rings. The molecule has 0 unspecified atom stereocenters. The first-order chi connectivity index (χ1) is 16.9. The number of alkyl halides is 1. The summed E-state index contributed by atoms with van der Waals surface area (Å²) in [5.74, 6) is -0.717. The van der Waals surface area contributed by atoms with Crippen LogP contribution in [0.2, 0.25) is 0 Å². The van der Waals surface area contributed by atoms with E-state index in [4.69, 9.17) is 30.8 Å². The van der Waals surface area contributed by atoms with Gasteiger partial charge in [0, 0.05) is 20.7 Å². The van der Waals surface area contributed by atoms with Gasteiger partial charge in [-0.15, -0.1) is 0 Å². The largest absolute Gasteiger partial charge is 0.390 e. The van der Waals surface area contributed by atoms with Crippen molar-refractivity contribution in [3.8, 4) is 0 Å². The van der Waals surface area contributed by atoms with Gasteiger partial charge in [0.1, 0.15) is 18.4 Å². The SMILES string of the molecule is C[C@H]1[C@H](F)[C@@H](OCc2ccccc2)[C@@H](O[C@H]2[C@H](O)[C@@H](O)[C@H](N=[N+]=[N-])C[C@@H]2N=[N+]=[N-])O[C@@H]1CN=[N+]=[N-]. The molecule has 1 saturated heterocycles. The van der Waals surface area contributed by atoms with Crippen LogP contribution in [-0.2, 0) is 20.8 Å². The maximum absolute atomic E-state index is 15.5. The smallest absolute Gasteiger partial charge is 0.187 e. The minimum absolute atomic E-state index is 0.0391. The van der Waals surface area contributed by atoms with Crippen molar-refractivity contribution >= 4 is 0 Å². The van der Waals surface area contributed by atoms with Crippen LogP contribution in [0.25, 0.3) is 31.3 Å². The number of benzene rings is 1. The fourth-order valence-electron chi connectivity index (χ4n) is 4.26. The Labute approximate surface area is 199 Å². The summed E-state index contributed by atoms with van der Waals surface area (Å²) in [7, 11) is 0. The third-order valence-electron chi connectivity index (χ3n) is 6.22. The molecule has 0 spiro atoms. The van der Waals surface area contributed by atoms with E-state index in [2.05, 4.69) is 30.1 Å². The van der Waals surface area contributed by atoms with Crippen molar-refractivity contribution < 1.29 is 28.8 Å². The fourth-order valence-corrected chi connectivity index (χ4v) is 4.26. The molecule has 0 radical (unpaired) electrons. The molecular weight excluding hydrogens is 465 g/mol. The average molecular weight is 491 g/mol. The normalized spacial score (nSPS) is 36.8. The lowest BCUT2D eigenvalue weighted by Gasteiger charge is -2.46. The highest BCUT2D eigenvalue weighted by Crippen LogP contribution is 2.35. The molecule has 2 N–H and O–H groups in total. The summed E-state index contributed by atoms with van der Waals surface area (Å²) < 4.78 is 33.2. The van der Waals surface area contributed by atoms with Gasteiger partial charge in [0.15, 0.2) is 6.29 Å². The summed E-state index contributed by atoms with van der Waals surface area (Å²) in [4.78, 5) is 8.09. The average Bonchev–Trinajstić information content (AvgIpc) is 2.86. The summed E-state index contributed by atoms with van der Waals surface area (Å²) in [6.07, 6.45) is -9.70. The second-order valence-electron chi connectivity index (χ2n) is 8.38. The third kappa shape index (κ3) is 6.31. The van der Waals surface area contributed by atoms with Crippen LogP contribution in [0.1, 0.15) is 18.9 Å².